The van der Waals surface area contributed by atoms with Crippen LogP contribution in [0.25, 0.3) is 11.3 Å². The quantitative estimate of drug-likeness (QED) is 0.758. The molecule has 0 aliphatic carbocycles. The third-order valence-corrected chi connectivity index (χ3v) is 4.67. The van der Waals surface area contributed by atoms with Gasteiger partial charge in [0.1, 0.15) is 19.0 Å². The number of benzene rings is 2. The van der Waals surface area contributed by atoms with Gasteiger partial charge in [-0.3, -0.25) is 10.1 Å². The van der Waals surface area contributed by atoms with Gasteiger partial charge in [-0.25, -0.2) is 4.98 Å². The zero-order valence-corrected chi connectivity index (χ0v) is 14.8. The van der Waals surface area contributed by atoms with Gasteiger partial charge in [0.05, 0.1) is 12.8 Å². The second kappa shape index (κ2) is 7.05. The van der Waals surface area contributed by atoms with Crippen molar-refractivity contribution in [2.75, 3.05) is 25.6 Å². The molecule has 6 nitrogen and oxygen atoms in total. The maximum absolute atomic E-state index is 12.5. The van der Waals surface area contributed by atoms with E-state index in [-0.39, 0.29) is 5.91 Å². The maximum atomic E-state index is 12.5. The molecule has 0 saturated carbocycles. The topological polar surface area (TPSA) is 69.7 Å². The average molecular weight is 368 g/mol. The van der Waals surface area contributed by atoms with Gasteiger partial charge in [-0.1, -0.05) is 12.1 Å². The Morgan fingerprint density at radius 1 is 1.15 bits per heavy atom. The predicted octanol–water partition coefficient (Wildman–Crippen LogP) is 3.84. The Bertz CT molecular complexity index is 954. The van der Waals surface area contributed by atoms with Crippen molar-refractivity contribution >= 4 is 22.4 Å². The SMILES string of the molecule is COc1ccccc1-c1csc(NC(=O)c2ccc3c(c2)OCCO3)n1. The van der Waals surface area contributed by atoms with Gasteiger partial charge in [0.15, 0.2) is 16.6 Å². The maximum Gasteiger partial charge on any atom is 0.257 e. The number of hydrogen-bond acceptors (Lipinski definition) is 6. The Morgan fingerprint density at radius 2 is 1.96 bits per heavy atom. The summed E-state index contributed by atoms with van der Waals surface area (Å²) in [4.78, 5) is 17.0. The zero-order chi connectivity index (χ0) is 17.9. The number of rotatable bonds is 4. The van der Waals surface area contributed by atoms with Crippen LogP contribution in [0.5, 0.6) is 17.2 Å². The number of methoxy groups -OCH3 is 1. The Morgan fingerprint density at radius 3 is 2.81 bits per heavy atom. The number of carbonyl (C=O) groups is 1. The second-order valence-electron chi connectivity index (χ2n) is 5.55. The van der Waals surface area contributed by atoms with Gasteiger partial charge in [0.2, 0.25) is 0 Å². The molecule has 0 radical (unpaired) electrons. The lowest BCUT2D eigenvalue weighted by molar-refractivity contribution is 0.102. The lowest BCUT2D eigenvalue weighted by Crippen LogP contribution is -2.17. The van der Waals surface area contributed by atoms with Crippen LogP contribution >= 0.6 is 11.3 Å². The van der Waals surface area contributed by atoms with E-state index in [9.17, 15) is 4.79 Å². The molecular weight excluding hydrogens is 352 g/mol. The molecule has 0 fully saturated rings. The number of fused-ring (bicyclic) bond motifs is 1. The first-order chi connectivity index (χ1) is 12.7. The molecule has 26 heavy (non-hydrogen) atoms. The Hall–Kier alpha value is -3.06. The molecule has 0 bridgehead atoms. The fourth-order valence-electron chi connectivity index (χ4n) is 2.66. The summed E-state index contributed by atoms with van der Waals surface area (Å²) >= 11 is 1.36. The smallest absolute Gasteiger partial charge is 0.257 e. The van der Waals surface area contributed by atoms with Crippen molar-refractivity contribution in [2.45, 2.75) is 0 Å². The van der Waals surface area contributed by atoms with Crippen LogP contribution in [0.1, 0.15) is 10.4 Å². The number of amides is 1. The van der Waals surface area contributed by atoms with Crippen molar-refractivity contribution in [1.82, 2.24) is 4.98 Å². The number of ether oxygens (including phenoxy) is 3. The van der Waals surface area contributed by atoms with E-state index in [0.717, 1.165) is 17.0 Å². The molecule has 0 unspecified atom stereocenters. The van der Waals surface area contributed by atoms with E-state index < -0.39 is 0 Å². The van der Waals surface area contributed by atoms with E-state index in [0.29, 0.717) is 35.4 Å². The van der Waals surface area contributed by atoms with Crippen molar-refractivity contribution in [3.05, 3.63) is 53.4 Å². The molecular formula is C19H16N2O4S. The number of anilines is 1. The van der Waals surface area contributed by atoms with E-state index in [1.165, 1.54) is 11.3 Å². The molecule has 7 heteroatoms. The van der Waals surface area contributed by atoms with Gasteiger partial charge >= 0.3 is 0 Å². The van der Waals surface area contributed by atoms with Gasteiger partial charge in [0, 0.05) is 16.5 Å². The number of para-hydroxylation sites is 1. The van der Waals surface area contributed by atoms with Gasteiger partial charge < -0.3 is 14.2 Å². The number of aromatic nitrogens is 1. The zero-order valence-electron chi connectivity index (χ0n) is 14.0. The highest BCUT2D eigenvalue weighted by molar-refractivity contribution is 7.14. The molecule has 3 aromatic rings. The standard InChI is InChI=1S/C19H16N2O4S/c1-23-15-5-3-2-4-13(15)14-11-26-19(20-14)21-18(22)12-6-7-16-17(10-12)25-9-8-24-16/h2-7,10-11H,8-9H2,1H3,(H,20,21,22). The highest BCUT2D eigenvalue weighted by atomic mass is 32.1. The largest absolute Gasteiger partial charge is 0.496 e. The summed E-state index contributed by atoms with van der Waals surface area (Å²) in [5.41, 5.74) is 2.12. The van der Waals surface area contributed by atoms with Crippen molar-refractivity contribution in [1.29, 1.82) is 0 Å². The Labute approximate surface area is 154 Å². The van der Waals surface area contributed by atoms with E-state index >= 15 is 0 Å². The van der Waals surface area contributed by atoms with Crippen LogP contribution in [-0.4, -0.2) is 31.2 Å². The molecule has 2 aromatic carbocycles. The van der Waals surface area contributed by atoms with Crippen LogP contribution in [0, 0.1) is 0 Å². The predicted molar refractivity (Wildman–Crippen MR) is 99.5 cm³/mol. The summed E-state index contributed by atoms with van der Waals surface area (Å²) in [7, 11) is 1.62. The monoisotopic (exact) mass is 368 g/mol. The van der Waals surface area contributed by atoms with Crippen LogP contribution in [0.2, 0.25) is 0 Å². The fraction of sp³-hybridized carbons (Fsp3) is 0.158. The summed E-state index contributed by atoms with van der Waals surface area (Å²) in [5, 5.41) is 5.23. The van der Waals surface area contributed by atoms with E-state index in [2.05, 4.69) is 10.3 Å². The molecule has 4 rings (SSSR count). The summed E-state index contributed by atoms with van der Waals surface area (Å²) in [6.07, 6.45) is 0. The van der Waals surface area contributed by atoms with Crippen LogP contribution in [0.3, 0.4) is 0 Å². The molecule has 1 aromatic heterocycles. The van der Waals surface area contributed by atoms with E-state index in [4.69, 9.17) is 14.2 Å². The van der Waals surface area contributed by atoms with Crippen molar-refractivity contribution in [3.8, 4) is 28.5 Å². The minimum atomic E-state index is -0.247. The number of nitrogens with one attached hydrogen (secondary N) is 1. The fourth-order valence-corrected chi connectivity index (χ4v) is 3.37. The molecule has 1 N–H and O–H groups in total. The number of hydrogen-bond donors (Lipinski definition) is 1. The van der Waals surface area contributed by atoms with E-state index in [1.54, 1.807) is 25.3 Å². The lowest BCUT2D eigenvalue weighted by atomic mass is 10.1. The molecule has 0 atom stereocenters. The van der Waals surface area contributed by atoms with Gasteiger partial charge in [-0.15, -0.1) is 11.3 Å². The summed E-state index contributed by atoms with van der Waals surface area (Å²) in [5.74, 6) is 1.73. The number of nitrogens with zero attached hydrogens (tertiary/aromatic N) is 1. The molecule has 1 aliphatic heterocycles. The Balaban J connectivity index is 1.53. The third-order valence-electron chi connectivity index (χ3n) is 3.91. The molecule has 0 saturated heterocycles. The number of thiazole rings is 1. The molecule has 132 valence electrons. The molecule has 1 amide bonds. The molecule has 1 aliphatic rings. The summed E-state index contributed by atoms with van der Waals surface area (Å²) in [6, 6.07) is 12.8. The first kappa shape index (κ1) is 16.4. The van der Waals surface area contributed by atoms with Gasteiger partial charge in [-0.05, 0) is 30.3 Å². The van der Waals surface area contributed by atoms with Crippen molar-refractivity contribution in [3.63, 3.8) is 0 Å². The van der Waals surface area contributed by atoms with Crippen LogP contribution in [0.4, 0.5) is 5.13 Å². The highest BCUT2D eigenvalue weighted by Gasteiger charge is 2.16. The van der Waals surface area contributed by atoms with Crippen LogP contribution in [0.15, 0.2) is 47.8 Å². The third kappa shape index (κ3) is 3.21. The second-order valence-corrected chi connectivity index (χ2v) is 6.41. The summed E-state index contributed by atoms with van der Waals surface area (Å²) in [6.45, 7) is 0.996. The lowest BCUT2D eigenvalue weighted by Gasteiger charge is -2.18. The van der Waals surface area contributed by atoms with Gasteiger partial charge in [-0.2, -0.15) is 0 Å². The number of carbonyl (C=O) groups excluding carboxylic acids is 1. The van der Waals surface area contributed by atoms with E-state index in [1.807, 2.05) is 29.6 Å². The Kier molecular flexibility index (Phi) is 4.45. The molecule has 0 spiro atoms. The van der Waals surface area contributed by atoms with Crippen LogP contribution < -0.4 is 19.5 Å². The van der Waals surface area contributed by atoms with Crippen LogP contribution in [-0.2, 0) is 0 Å². The first-order valence-electron chi connectivity index (χ1n) is 8.04. The van der Waals surface area contributed by atoms with Crippen molar-refractivity contribution in [2.24, 2.45) is 0 Å². The van der Waals surface area contributed by atoms with Crippen molar-refractivity contribution < 1.29 is 19.0 Å². The summed E-state index contributed by atoms with van der Waals surface area (Å²) < 4.78 is 16.4. The van der Waals surface area contributed by atoms with Gasteiger partial charge in [0.25, 0.3) is 5.91 Å². The average Bonchev–Trinajstić information content (AvgIpc) is 3.15. The normalized spacial score (nSPS) is 12.5. The minimum absolute atomic E-state index is 0.247. The highest BCUT2D eigenvalue weighted by Crippen LogP contribution is 2.33. The first-order valence-corrected chi connectivity index (χ1v) is 8.92. The molecule has 2 heterocycles. The minimum Gasteiger partial charge on any atom is -0.496 e.